The Bertz CT molecular complexity index is 1040. The van der Waals surface area contributed by atoms with Crippen LogP contribution in [0, 0.1) is 0 Å². The number of hydrogen-bond donors (Lipinski definition) is 1. The molecular weight excluding hydrogens is 432 g/mol. The highest BCUT2D eigenvalue weighted by Crippen LogP contribution is 2.52. The summed E-state index contributed by atoms with van der Waals surface area (Å²) < 4.78 is 21.3. The third-order valence-corrected chi connectivity index (χ3v) is 7.72. The van der Waals surface area contributed by atoms with E-state index in [1.165, 1.54) is 5.56 Å². The lowest BCUT2D eigenvalue weighted by Gasteiger charge is -2.31. The van der Waals surface area contributed by atoms with E-state index in [4.69, 9.17) is 21.1 Å². The van der Waals surface area contributed by atoms with Crippen LogP contribution in [-0.2, 0) is 22.9 Å². The van der Waals surface area contributed by atoms with E-state index in [0.29, 0.717) is 12.4 Å². The smallest absolute Gasteiger partial charge is 0.240 e. The molecule has 2 aromatic carbocycles. The molecule has 162 valence electrons. The summed E-state index contributed by atoms with van der Waals surface area (Å²) in [5.41, 5.74) is 1.08. The Morgan fingerprint density at radius 1 is 1.10 bits per heavy atom. The monoisotopic (exact) mass is 456 g/mol. The van der Waals surface area contributed by atoms with Crippen LogP contribution < -0.4 is 4.72 Å². The molecule has 3 aromatic rings. The molecule has 1 atom stereocenters. The first-order chi connectivity index (χ1) is 15.1. The van der Waals surface area contributed by atoms with Gasteiger partial charge >= 0.3 is 0 Å². The van der Waals surface area contributed by atoms with Gasteiger partial charge in [0.25, 0.3) is 0 Å². The molecule has 0 spiro atoms. The summed E-state index contributed by atoms with van der Waals surface area (Å²) in [7, 11) is -1.17. The zero-order valence-electron chi connectivity index (χ0n) is 17.2. The van der Waals surface area contributed by atoms with E-state index >= 15 is 0 Å². The first-order valence-electron chi connectivity index (χ1n) is 10.7. The van der Waals surface area contributed by atoms with Gasteiger partial charge in [0.05, 0.1) is 16.9 Å². The molecule has 1 N–H and O–H groups in total. The van der Waals surface area contributed by atoms with Gasteiger partial charge in [-0.05, 0) is 55.5 Å². The van der Waals surface area contributed by atoms with Crippen molar-refractivity contribution in [1.82, 2.24) is 19.8 Å². The van der Waals surface area contributed by atoms with E-state index in [1.807, 2.05) is 42.5 Å². The zero-order valence-corrected chi connectivity index (χ0v) is 18.7. The lowest BCUT2D eigenvalue weighted by Crippen LogP contribution is -2.42. The summed E-state index contributed by atoms with van der Waals surface area (Å²) in [5, 5.41) is 5.04. The van der Waals surface area contributed by atoms with Gasteiger partial charge in [-0.1, -0.05) is 47.1 Å². The van der Waals surface area contributed by atoms with Crippen molar-refractivity contribution in [3.63, 3.8) is 0 Å². The average molecular weight is 457 g/mol. The van der Waals surface area contributed by atoms with E-state index in [0.717, 1.165) is 54.5 Å². The summed E-state index contributed by atoms with van der Waals surface area (Å²) in [6.45, 7) is 2.46. The SMILES string of the molecule is O=S(NC1CCN(Cc2nc(C3(c4ccc(Cl)cc4)CC3)no2)CC1)c1ccccc1. The number of benzene rings is 2. The minimum absolute atomic E-state index is 0.120. The number of nitrogens with zero attached hydrogens (tertiary/aromatic N) is 3. The van der Waals surface area contributed by atoms with Crippen molar-refractivity contribution >= 4 is 22.6 Å². The quantitative estimate of drug-likeness (QED) is 0.580. The maximum absolute atomic E-state index is 12.5. The third kappa shape index (κ3) is 4.60. The number of halogens is 1. The molecule has 2 fully saturated rings. The molecule has 31 heavy (non-hydrogen) atoms. The number of nitrogens with one attached hydrogen (secondary N) is 1. The van der Waals surface area contributed by atoms with Crippen LogP contribution in [0.3, 0.4) is 0 Å². The predicted molar refractivity (Wildman–Crippen MR) is 120 cm³/mol. The summed E-state index contributed by atoms with van der Waals surface area (Å²) in [5.74, 6) is 1.44. The van der Waals surface area contributed by atoms with E-state index in [1.54, 1.807) is 0 Å². The van der Waals surface area contributed by atoms with Crippen LogP contribution in [0.5, 0.6) is 0 Å². The lowest BCUT2D eigenvalue weighted by atomic mass is 9.95. The van der Waals surface area contributed by atoms with Crippen LogP contribution >= 0.6 is 11.6 Å². The van der Waals surface area contributed by atoms with Gasteiger partial charge in [0.2, 0.25) is 5.89 Å². The van der Waals surface area contributed by atoms with Crippen LogP contribution in [0.2, 0.25) is 5.02 Å². The van der Waals surface area contributed by atoms with E-state index in [-0.39, 0.29) is 11.5 Å². The van der Waals surface area contributed by atoms with E-state index in [2.05, 4.69) is 26.9 Å². The van der Waals surface area contributed by atoms with Crippen molar-refractivity contribution in [1.29, 1.82) is 0 Å². The number of aromatic nitrogens is 2. The molecule has 8 heteroatoms. The van der Waals surface area contributed by atoms with Gasteiger partial charge in [-0.3, -0.25) is 4.90 Å². The van der Waals surface area contributed by atoms with Crippen molar-refractivity contribution in [2.45, 2.75) is 48.6 Å². The van der Waals surface area contributed by atoms with E-state index in [9.17, 15) is 4.21 Å². The summed E-state index contributed by atoms with van der Waals surface area (Å²) in [6.07, 6.45) is 3.94. The summed E-state index contributed by atoms with van der Waals surface area (Å²) in [6, 6.07) is 17.7. The lowest BCUT2D eigenvalue weighted by molar-refractivity contribution is 0.178. The van der Waals surface area contributed by atoms with Gasteiger partial charge in [-0.2, -0.15) is 4.98 Å². The van der Waals surface area contributed by atoms with Gasteiger partial charge in [0.1, 0.15) is 11.0 Å². The Labute approximate surface area is 189 Å². The van der Waals surface area contributed by atoms with Gasteiger partial charge in [0, 0.05) is 24.2 Å². The highest BCUT2D eigenvalue weighted by Gasteiger charge is 2.50. The summed E-state index contributed by atoms with van der Waals surface area (Å²) >= 11 is 6.03. The second-order valence-corrected chi connectivity index (χ2v) is 10.0. The third-order valence-electron chi connectivity index (χ3n) is 6.22. The first-order valence-corrected chi connectivity index (χ1v) is 12.2. The molecule has 2 heterocycles. The van der Waals surface area contributed by atoms with Crippen molar-refractivity contribution in [3.8, 4) is 0 Å². The normalized spacial score (nSPS) is 19.9. The Kier molecular flexibility index (Phi) is 5.93. The molecular formula is C23H25ClN4O2S. The Hall–Kier alpha value is -2.06. The van der Waals surface area contributed by atoms with Crippen LogP contribution in [-0.4, -0.2) is 38.4 Å². The molecule has 0 amide bonds. The Balaban J connectivity index is 1.15. The molecule has 1 saturated heterocycles. The van der Waals surface area contributed by atoms with Crippen molar-refractivity contribution in [3.05, 3.63) is 76.9 Å². The molecule has 1 aliphatic carbocycles. The molecule has 6 nitrogen and oxygen atoms in total. The average Bonchev–Trinajstić information content (AvgIpc) is 3.48. The maximum atomic E-state index is 12.5. The second-order valence-electron chi connectivity index (χ2n) is 8.35. The summed E-state index contributed by atoms with van der Waals surface area (Å²) in [4.78, 5) is 7.87. The molecule has 1 aliphatic heterocycles. The standard InChI is InChI=1S/C23H25ClN4O2S/c24-18-8-6-17(7-9-18)23(12-13-23)22-25-21(30-26-22)16-28-14-10-19(11-15-28)27-31(29)20-4-2-1-3-5-20/h1-9,19,27H,10-16H2. The van der Waals surface area contributed by atoms with Crippen molar-refractivity contribution in [2.75, 3.05) is 13.1 Å². The fourth-order valence-electron chi connectivity index (χ4n) is 4.21. The molecule has 1 saturated carbocycles. The largest absolute Gasteiger partial charge is 0.338 e. The fourth-order valence-corrected chi connectivity index (χ4v) is 5.42. The molecule has 1 aromatic heterocycles. The van der Waals surface area contributed by atoms with Crippen LogP contribution in [0.25, 0.3) is 0 Å². The topological polar surface area (TPSA) is 71.3 Å². The molecule has 0 bridgehead atoms. The first kappa shape index (κ1) is 20.8. The second kappa shape index (κ2) is 8.82. The predicted octanol–water partition coefficient (Wildman–Crippen LogP) is 4.08. The van der Waals surface area contributed by atoms with Crippen LogP contribution in [0.1, 0.15) is 43.0 Å². The maximum Gasteiger partial charge on any atom is 0.240 e. The van der Waals surface area contributed by atoms with Crippen molar-refractivity contribution in [2.24, 2.45) is 0 Å². The number of hydrogen-bond acceptors (Lipinski definition) is 5. The van der Waals surface area contributed by atoms with Gasteiger partial charge in [-0.15, -0.1) is 0 Å². The Morgan fingerprint density at radius 3 is 2.48 bits per heavy atom. The minimum Gasteiger partial charge on any atom is -0.338 e. The number of piperidine rings is 1. The highest BCUT2D eigenvalue weighted by atomic mass is 35.5. The molecule has 5 rings (SSSR count). The van der Waals surface area contributed by atoms with Crippen LogP contribution in [0.4, 0.5) is 0 Å². The van der Waals surface area contributed by atoms with Gasteiger partial charge < -0.3 is 4.52 Å². The highest BCUT2D eigenvalue weighted by molar-refractivity contribution is 7.83. The Morgan fingerprint density at radius 2 is 1.81 bits per heavy atom. The van der Waals surface area contributed by atoms with Gasteiger partial charge in [-0.25, -0.2) is 8.93 Å². The molecule has 0 radical (unpaired) electrons. The molecule has 2 aliphatic rings. The number of likely N-dealkylation sites (tertiary alicyclic amines) is 1. The van der Waals surface area contributed by atoms with Crippen LogP contribution in [0.15, 0.2) is 64.0 Å². The molecule has 1 unspecified atom stereocenters. The van der Waals surface area contributed by atoms with Gasteiger partial charge in [0.15, 0.2) is 5.82 Å². The zero-order chi connectivity index (χ0) is 21.3. The van der Waals surface area contributed by atoms with Crippen molar-refractivity contribution < 1.29 is 8.73 Å². The fraction of sp³-hybridized carbons (Fsp3) is 0.391. The van der Waals surface area contributed by atoms with E-state index < -0.39 is 11.0 Å². The minimum atomic E-state index is -1.17. The number of rotatable bonds is 7.